The second-order valence-corrected chi connectivity index (χ2v) is 7.12. The van der Waals surface area contributed by atoms with Gasteiger partial charge in [0.1, 0.15) is 6.04 Å². The minimum Gasteiger partial charge on any atom is -0.480 e. The van der Waals surface area contributed by atoms with Crippen LogP contribution in [0.5, 0.6) is 0 Å². The molecule has 0 bridgehead atoms. The fourth-order valence-corrected chi connectivity index (χ4v) is 4.38. The molecule has 2 fully saturated rings. The monoisotopic (exact) mass is 346 g/mol. The second-order valence-electron chi connectivity index (χ2n) is 7.12. The number of aliphatic carboxylic acids is 1. The highest BCUT2D eigenvalue weighted by atomic mass is 16.6. The van der Waals surface area contributed by atoms with Gasteiger partial charge in [-0.25, -0.2) is 4.79 Å². The third-order valence-electron chi connectivity index (χ3n) is 5.58. The maximum Gasteiger partial charge on any atom is 0.326 e. The lowest BCUT2D eigenvalue weighted by Gasteiger charge is -2.33. The molecule has 1 amide bonds. The average Bonchev–Trinajstić information content (AvgIpc) is 2.93. The Bertz CT molecular complexity index is 745. The zero-order valence-corrected chi connectivity index (χ0v) is 14.4. The number of likely N-dealkylation sites (tertiary alicyclic amines) is 1. The van der Waals surface area contributed by atoms with Crippen molar-refractivity contribution in [1.82, 2.24) is 4.90 Å². The molecule has 0 spiro atoms. The highest BCUT2D eigenvalue weighted by Crippen LogP contribution is 2.41. The van der Waals surface area contributed by atoms with Crippen LogP contribution in [0.4, 0.5) is 5.69 Å². The summed E-state index contributed by atoms with van der Waals surface area (Å²) >= 11 is 0. The first-order chi connectivity index (χ1) is 11.8. The summed E-state index contributed by atoms with van der Waals surface area (Å²) in [5, 5.41) is 20.8. The molecule has 7 nitrogen and oxygen atoms in total. The summed E-state index contributed by atoms with van der Waals surface area (Å²) in [6.07, 6.45) is 4.24. The Morgan fingerprint density at radius 3 is 2.52 bits per heavy atom. The van der Waals surface area contributed by atoms with E-state index in [4.69, 9.17) is 0 Å². The number of amides is 1. The number of carboxylic acid groups (broad SMARTS) is 1. The van der Waals surface area contributed by atoms with E-state index >= 15 is 0 Å². The van der Waals surface area contributed by atoms with E-state index in [0.717, 1.165) is 25.7 Å². The number of hydrogen-bond acceptors (Lipinski definition) is 4. The third kappa shape index (κ3) is 2.99. The predicted molar refractivity (Wildman–Crippen MR) is 90.5 cm³/mol. The lowest BCUT2D eigenvalue weighted by atomic mass is 9.84. The fourth-order valence-electron chi connectivity index (χ4n) is 4.38. The molecule has 0 aromatic heterocycles. The highest BCUT2D eigenvalue weighted by molar-refractivity contribution is 5.99. The van der Waals surface area contributed by atoms with Gasteiger partial charge in [-0.15, -0.1) is 0 Å². The first-order valence-electron chi connectivity index (χ1n) is 8.62. The van der Waals surface area contributed by atoms with Gasteiger partial charge >= 0.3 is 5.97 Å². The van der Waals surface area contributed by atoms with Gasteiger partial charge in [0.15, 0.2) is 0 Å². The SMILES string of the molecule is Cc1cc(C)c([N+](=O)[O-])cc1C(=O)N1C(C(=O)O)CC2CCCCC21. The Morgan fingerprint density at radius 2 is 1.88 bits per heavy atom. The summed E-state index contributed by atoms with van der Waals surface area (Å²) in [6.45, 7) is 3.36. The van der Waals surface area contributed by atoms with Crippen LogP contribution in [0.1, 0.15) is 53.6 Å². The summed E-state index contributed by atoms with van der Waals surface area (Å²) in [5.74, 6) is -1.19. The molecule has 1 saturated carbocycles. The maximum atomic E-state index is 13.2. The topological polar surface area (TPSA) is 101 Å². The minimum atomic E-state index is -0.998. The molecule has 7 heteroatoms. The van der Waals surface area contributed by atoms with Crippen molar-refractivity contribution in [2.24, 2.45) is 5.92 Å². The predicted octanol–water partition coefficient (Wildman–Crippen LogP) is 3.07. The van der Waals surface area contributed by atoms with Crippen LogP contribution in [0.2, 0.25) is 0 Å². The maximum absolute atomic E-state index is 13.2. The van der Waals surface area contributed by atoms with Crippen molar-refractivity contribution in [3.05, 3.63) is 38.9 Å². The van der Waals surface area contributed by atoms with Crippen molar-refractivity contribution < 1.29 is 19.6 Å². The van der Waals surface area contributed by atoms with Crippen LogP contribution in [-0.4, -0.2) is 38.9 Å². The van der Waals surface area contributed by atoms with Gasteiger partial charge < -0.3 is 10.0 Å². The molecule has 1 heterocycles. The lowest BCUT2D eigenvalue weighted by molar-refractivity contribution is -0.385. The number of benzene rings is 1. The van der Waals surface area contributed by atoms with Gasteiger partial charge in [-0.2, -0.15) is 0 Å². The van der Waals surface area contributed by atoms with E-state index in [2.05, 4.69) is 0 Å². The summed E-state index contributed by atoms with van der Waals surface area (Å²) in [6, 6.07) is 1.99. The van der Waals surface area contributed by atoms with Crippen LogP contribution in [-0.2, 0) is 4.79 Å². The Hall–Kier alpha value is -2.44. The normalized spacial score (nSPS) is 25.5. The molecular formula is C18H22N2O5. The molecule has 1 saturated heterocycles. The van der Waals surface area contributed by atoms with E-state index in [-0.39, 0.29) is 23.2 Å². The van der Waals surface area contributed by atoms with Gasteiger partial charge in [0.05, 0.1) is 4.92 Å². The van der Waals surface area contributed by atoms with Crippen LogP contribution in [0, 0.1) is 29.9 Å². The Balaban J connectivity index is 2.02. The van der Waals surface area contributed by atoms with Gasteiger partial charge in [-0.1, -0.05) is 12.8 Å². The highest BCUT2D eigenvalue weighted by Gasteiger charge is 2.48. The van der Waals surface area contributed by atoms with Crippen molar-refractivity contribution in [3.63, 3.8) is 0 Å². The summed E-state index contributed by atoms with van der Waals surface area (Å²) in [4.78, 5) is 37.1. The van der Waals surface area contributed by atoms with E-state index in [1.807, 2.05) is 0 Å². The van der Waals surface area contributed by atoms with E-state index in [9.17, 15) is 24.8 Å². The molecule has 1 aromatic carbocycles. The van der Waals surface area contributed by atoms with Crippen LogP contribution < -0.4 is 0 Å². The van der Waals surface area contributed by atoms with Crippen molar-refractivity contribution in [2.75, 3.05) is 0 Å². The number of nitrogens with zero attached hydrogens (tertiary/aromatic N) is 2. The van der Waals surface area contributed by atoms with E-state index in [0.29, 0.717) is 17.5 Å². The largest absolute Gasteiger partial charge is 0.480 e. The van der Waals surface area contributed by atoms with E-state index in [1.54, 1.807) is 19.9 Å². The van der Waals surface area contributed by atoms with Crippen LogP contribution in [0.3, 0.4) is 0 Å². The number of fused-ring (bicyclic) bond motifs is 1. The molecular weight excluding hydrogens is 324 g/mol. The number of aryl methyl sites for hydroxylation is 2. The summed E-state index contributed by atoms with van der Waals surface area (Å²) in [7, 11) is 0. The van der Waals surface area contributed by atoms with Gasteiger partial charge in [0.25, 0.3) is 11.6 Å². The molecule has 134 valence electrons. The van der Waals surface area contributed by atoms with Crippen LogP contribution in [0.25, 0.3) is 0 Å². The molecule has 0 radical (unpaired) electrons. The van der Waals surface area contributed by atoms with Gasteiger partial charge in [0, 0.05) is 23.2 Å². The van der Waals surface area contributed by atoms with E-state index < -0.39 is 22.8 Å². The number of carbonyl (C=O) groups excluding carboxylic acids is 1. The van der Waals surface area contributed by atoms with Gasteiger partial charge in [0.2, 0.25) is 0 Å². The van der Waals surface area contributed by atoms with Crippen LogP contribution in [0.15, 0.2) is 12.1 Å². The molecule has 3 rings (SSSR count). The number of carboxylic acids is 1. The number of carbonyl (C=O) groups is 2. The molecule has 3 unspecified atom stereocenters. The van der Waals surface area contributed by atoms with Gasteiger partial charge in [-0.3, -0.25) is 14.9 Å². The summed E-state index contributed by atoms with van der Waals surface area (Å²) < 4.78 is 0. The van der Waals surface area contributed by atoms with E-state index in [1.165, 1.54) is 11.0 Å². The number of hydrogen-bond donors (Lipinski definition) is 1. The van der Waals surface area contributed by atoms with Crippen molar-refractivity contribution in [3.8, 4) is 0 Å². The second kappa shape index (κ2) is 6.46. The summed E-state index contributed by atoms with van der Waals surface area (Å²) in [5.41, 5.74) is 1.25. The fraction of sp³-hybridized carbons (Fsp3) is 0.556. The number of nitro benzene ring substituents is 1. The number of nitro groups is 1. The van der Waals surface area contributed by atoms with Crippen LogP contribution >= 0.6 is 0 Å². The first kappa shape index (κ1) is 17.4. The Morgan fingerprint density at radius 1 is 1.20 bits per heavy atom. The zero-order valence-electron chi connectivity index (χ0n) is 14.4. The third-order valence-corrected chi connectivity index (χ3v) is 5.58. The lowest BCUT2D eigenvalue weighted by Crippen LogP contribution is -2.46. The smallest absolute Gasteiger partial charge is 0.326 e. The molecule has 25 heavy (non-hydrogen) atoms. The van der Waals surface area contributed by atoms with Crippen molar-refractivity contribution >= 4 is 17.6 Å². The first-order valence-corrected chi connectivity index (χ1v) is 8.62. The molecule has 1 aromatic rings. The zero-order chi connectivity index (χ0) is 18.3. The minimum absolute atomic E-state index is 0.0814. The molecule has 1 aliphatic carbocycles. The quantitative estimate of drug-likeness (QED) is 0.669. The Labute approximate surface area is 145 Å². The van der Waals surface area contributed by atoms with Crippen molar-refractivity contribution in [1.29, 1.82) is 0 Å². The molecule has 1 aliphatic heterocycles. The Kier molecular flexibility index (Phi) is 4.49. The van der Waals surface area contributed by atoms with Crippen molar-refractivity contribution in [2.45, 2.75) is 58.0 Å². The number of rotatable bonds is 3. The molecule has 3 atom stereocenters. The van der Waals surface area contributed by atoms with Gasteiger partial charge in [-0.05, 0) is 50.7 Å². The average molecular weight is 346 g/mol. The molecule has 2 aliphatic rings. The molecule has 1 N–H and O–H groups in total. The standard InChI is InChI=1S/C18H22N2O5/c1-10-7-11(2)15(20(24)25)9-13(10)17(21)19-14-6-4-3-5-12(14)8-16(19)18(22)23/h7,9,12,14,16H,3-6,8H2,1-2H3,(H,22,23).